The van der Waals surface area contributed by atoms with E-state index in [0.717, 1.165) is 39.4 Å². The fourth-order valence-corrected chi connectivity index (χ4v) is 8.97. The minimum atomic E-state index is 1.08. The van der Waals surface area contributed by atoms with Crippen molar-refractivity contribution in [1.29, 1.82) is 0 Å². The minimum absolute atomic E-state index is 1.08. The van der Waals surface area contributed by atoms with Gasteiger partial charge < -0.3 is 9.47 Å². The second kappa shape index (κ2) is 15.1. The number of benzene rings is 10. The molecule has 0 aliphatic carbocycles. The molecule has 0 saturated carbocycles. The first-order valence-electron chi connectivity index (χ1n) is 20.6. The number of para-hydroxylation sites is 3. The number of hydrogen-bond acceptors (Lipinski definition) is 1. The molecule has 11 rings (SSSR count). The maximum absolute atomic E-state index is 2.46. The van der Waals surface area contributed by atoms with Gasteiger partial charge in [-0.05, 0) is 105 Å². The average molecular weight is 765 g/mol. The SMILES string of the molecule is c1ccc(-c2ccc(N(c3ccc(-c4ccc5ccccc5c4)cc3)c3ccccc3-c3cccc4c3c3ccccc3n4-c3ccccc3)c(-c3ccccc3)c2)cc1. The van der Waals surface area contributed by atoms with Gasteiger partial charge in [0.15, 0.2) is 0 Å². The fraction of sp³-hybridized carbons (Fsp3) is 0. The molecule has 0 saturated heterocycles. The molecule has 1 aromatic heterocycles. The van der Waals surface area contributed by atoms with Crippen LogP contribution in [0.4, 0.5) is 17.1 Å². The molecule has 0 amide bonds. The molecule has 282 valence electrons. The first-order chi connectivity index (χ1) is 29.8. The summed E-state index contributed by atoms with van der Waals surface area (Å²) >= 11 is 0. The average Bonchev–Trinajstić information content (AvgIpc) is 3.67. The van der Waals surface area contributed by atoms with Gasteiger partial charge in [0.2, 0.25) is 0 Å². The predicted octanol–water partition coefficient (Wildman–Crippen LogP) is 16.1. The molecule has 0 spiro atoms. The highest BCUT2D eigenvalue weighted by molar-refractivity contribution is 6.17. The Morgan fingerprint density at radius 3 is 1.65 bits per heavy atom. The van der Waals surface area contributed by atoms with Crippen molar-refractivity contribution in [3.63, 3.8) is 0 Å². The van der Waals surface area contributed by atoms with Gasteiger partial charge in [0.25, 0.3) is 0 Å². The molecule has 0 N–H and O–H groups in total. The van der Waals surface area contributed by atoms with Crippen molar-refractivity contribution in [3.8, 4) is 50.2 Å². The first kappa shape index (κ1) is 35.2. The molecule has 11 aromatic rings. The van der Waals surface area contributed by atoms with Gasteiger partial charge >= 0.3 is 0 Å². The van der Waals surface area contributed by atoms with Gasteiger partial charge in [0.05, 0.1) is 22.4 Å². The molecule has 60 heavy (non-hydrogen) atoms. The van der Waals surface area contributed by atoms with E-state index in [4.69, 9.17) is 0 Å². The molecular formula is C58H40N2. The summed E-state index contributed by atoms with van der Waals surface area (Å²) in [4.78, 5) is 2.46. The van der Waals surface area contributed by atoms with E-state index in [0.29, 0.717) is 0 Å². The molecule has 0 atom stereocenters. The van der Waals surface area contributed by atoms with E-state index < -0.39 is 0 Å². The van der Waals surface area contributed by atoms with Crippen LogP contribution in [0.3, 0.4) is 0 Å². The Morgan fingerprint density at radius 1 is 0.300 bits per heavy atom. The Kier molecular flexibility index (Phi) is 8.87. The lowest BCUT2D eigenvalue weighted by Crippen LogP contribution is -2.12. The summed E-state index contributed by atoms with van der Waals surface area (Å²) < 4.78 is 2.40. The maximum atomic E-state index is 2.46. The zero-order valence-electron chi connectivity index (χ0n) is 33.0. The van der Waals surface area contributed by atoms with Crippen LogP contribution in [0, 0.1) is 0 Å². The predicted molar refractivity (Wildman–Crippen MR) is 255 cm³/mol. The molecule has 1 heterocycles. The lowest BCUT2D eigenvalue weighted by Gasteiger charge is -2.30. The highest BCUT2D eigenvalue weighted by atomic mass is 15.1. The summed E-state index contributed by atoms with van der Waals surface area (Å²) in [7, 11) is 0. The molecule has 10 aromatic carbocycles. The van der Waals surface area contributed by atoms with E-state index in [-0.39, 0.29) is 0 Å². The van der Waals surface area contributed by atoms with Crippen LogP contribution < -0.4 is 4.90 Å². The van der Waals surface area contributed by atoms with Crippen LogP contribution in [-0.4, -0.2) is 4.57 Å². The van der Waals surface area contributed by atoms with Gasteiger partial charge in [-0.2, -0.15) is 0 Å². The van der Waals surface area contributed by atoms with E-state index in [1.807, 2.05) is 0 Å². The maximum Gasteiger partial charge on any atom is 0.0547 e. The number of aromatic nitrogens is 1. The van der Waals surface area contributed by atoms with Crippen molar-refractivity contribution in [2.45, 2.75) is 0 Å². The largest absolute Gasteiger partial charge is 0.309 e. The topological polar surface area (TPSA) is 8.17 Å². The van der Waals surface area contributed by atoms with Gasteiger partial charge in [-0.15, -0.1) is 0 Å². The molecule has 0 fully saturated rings. The number of hydrogen-bond donors (Lipinski definition) is 0. The number of fused-ring (bicyclic) bond motifs is 4. The van der Waals surface area contributed by atoms with Crippen molar-refractivity contribution >= 4 is 49.6 Å². The molecule has 2 nitrogen and oxygen atoms in total. The zero-order chi connectivity index (χ0) is 39.8. The molecule has 0 bridgehead atoms. The Bertz CT molecular complexity index is 3290. The molecule has 0 radical (unpaired) electrons. The van der Waals surface area contributed by atoms with Gasteiger partial charge in [-0.3, -0.25) is 0 Å². The third-order valence-electron chi connectivity index (χ3n) is 11.8. The third-order valence-corrected chi connectivity index (χ3v) is 11.8. The van der Waals surface area contributed by atoms with Crippen LogP contribution in [0.25, 0.3) is 82.8 Å². The van der Waals surface area contributed by atoms with Crippen molar-refractivity contribution in [1.82, 2.24) is 4.57 Å². The van der Waals surface area contributed by atoms with Gasteiger partial charge in [0, 0.05) is 33.3 Å². The Balaban J connectivity index is 1.15. The monoisotopic (exact) mass is 764 g/mol. The molecule has 0 aliphatic rings. The minimum Gasteiger partial charge on any atom is -0.309 e. The Morgan fingerprint density at radius 2 is 0.850 bits per heavy atom. The van der Waals surface area contributed by atoms with Crippen molar-refractivity contribution < 1.29 is 0 Å². The highest BCUT2D eigenvalue weighted by Gasteiger charge is 2.24. The van der Waals surface area contributed by atoms with E-state index in [1.165, 1.54) is 60.4 Å². The molecule has 2 heteroatoms. The van der Waals surface area contributed by atoms with Crippen LogP contribution in [0.15, 0.2) is 243 Å². The molecular weight excluding hydrogens is 725 g/mol. The smallest absolute Gasteiger partial charge is 0.0547 e. The highest BCUT2D eigenvalue weighted by Crippen LogP contribution is 2.48. The lowest BCUT2D eigenvalue weighted by atomic mass is 9.94. The Hall–Kier alpha value is -7.94. The third kappa shape index (κ3) is 6.23. The van der Waals surface area contributed by atoms with Gasteiger partial charge in [-0.1, -0.05) is 182 Å². The first-order valence-corrected chi connectivity index (χ1v) is 20.6. The standard InChI is InChI=1S/C58H40N2/c1-4-17-41(18-5-1)47-35-38-56(53(40-47)44-20-6-2-7-21-44)59(49-36-33-43(34-37-49)46-32-31-42-19-10-11-22-45(42)39-46)54-28-14-12-25-50(54)51-27-16-30-57-58(51)52-26-13-15-29-55(52)60(57)48-23-8-3-9-24-48/h1-40H. The number of nitrogens with zero attached hydrogens (tertiary/aromatic N) is 2. The second-order valence-corrected chi connectivity index (χ2v) is 15.3. The van der Waals surface area contributed by atoms with Crippen molar-refractivity contribution in [2.75, 3.05) is 4.90 Å². The fourth-order valence-electron chi connectivity index (χ4n) is 8.97. The van der Waals surface area contributed by atoms with Crippen molar-refractivity contribution in [3.05, 3.63) is 243 Å². The molecule has 0 unspecified atom stereocenters. The lowest BCUT2D eigenvalue weighted by molar-refractivity contribution is 1.18. The van der Waals surface area contributed by atoms with Crippen LogP contribution in [0.2, 0.25) is 0 Å². The normalized spacial score (nSPS) is 11.3. The van der Waals surface area contributed by atoms with Crippen LogP contribution >= 0.6 is 0 Å². The summed E-state index contributed by atoms with van der Waals surface area (Å²) in [5.74, 6) is 0. The summed E-state index contributed by atoms with van der Waals surface area (Å²) in [5.41, 5.74) is 16.2. The number of anilines is 3. The van der Waals surface area contributed by atoms with Gasteiger partial charge in [-0.25, -0.2) is 0 Å². The zero-order valence-corrected chi connectivity index (χ0v) is 33.0. The second-order valence-electron chi connectivity index (χ2n) is 15.3. The summed E-state index contributed by atoms with van der Waals surface area (Å²) in [6, 6.07) is 88.0. The quantitative estimate of drug-likeness (QED) is 0.150. The summed E-state index contributed by atoms with van der Waals surface area (Å²) in [6.07, 6.45) is 0. The Labute approximate surface area is 350 Å². The summed E-state index contributed by atoms with van der Waals surface area (Å²) in [5, 5.41) is 4.95. The van der Waals surface area contributed by atoms with E-state index in [2.05, 4.69) is 252 Å². The van der Waals surface area contributed by atoms with Crippen LogP contribution in [0.1, 0.15) is 0 Å². The van der Waals surface area contributed by atoms with E-state index in [9.17, 15) is 0 Å². The van der Waals surface area contributed by atoms with E-state index in [1.54, 1.807) is 0 Å². The van der Waals surface area contributed by atoms with Gasteiger partial charge in [0.1, 0.15) is 0 Å². The number of rotatable bonds is 8. The van der Waals surface area contributed by atoms with Crippen molar-refractivity contribution in [2.24, 2.45) is 0 Å². The van der Waals surface area contributed by atoms with E-state index >= 15 is 0 Å². The van der Waals surface area contributed by atoms with Crippen LogP contribution in [-0.2, 0) is 0 Å². The summed E-state index contributed by atoms with van der Waals surface area (Å²) in [6.45, 7) is 0. The molecule has 0 aliphatic heterocycles. The van der Waals surface area contributed by atoms with Crippen LogP contribution in [0.5, 0.6) is 0 Å².